The quantitative estimate of drug-likeness (QED) is 0.0571. The average molecular weight is 1110 g/mol. The molecule has 0 aromatic rings. The van der Waals surface area contributed by atoms with Gasteiger partial charge in [-0.2, -0.15) is 0 Å². The van der Waals surface area contributed by atoms with Gasteiger partial charge in [0.1, 0.15) is 146 Å². The van der Waals surface area contributed by atoms with Crippen LogP contribution in [0.5, 0.6) is 0 Å². The second kappa shape index (κ2) is 27.2. The first-order valence-electron chi connectivity index (χ1n) is 24.1. The third-order valence-corrected chi connectivity index (χ3v) is 13.6. The summed E-state index contributed by atoms with van der Waals surface area (Å²) in [5, 5.41) is 190. The van der Waals surface area contributed by atoms with Crippen LogP contribution >= 0.6 is 0 Å². The maximum Gasteiger partial charge on any atom is 0.217 e. The summed E-state index contributed by atoms with van der Waals surface area (Å²) in [5.74, 6) is -2.42. The van der Waals surface area contributed by atoms with Crippen molar-refractivity contribution in [2.45, 2.75) is 205 Å². The minimum atomic E-state index is -2.26. The van der Waals surface area contributed by atoms with Crippen molar-refractivity contribution in [3.8, 4) is 0 Å². The lowest BCUT2D eigenvalue weighted by Crippen LogP contribution is -2.71. The Morgan fingerprint density at radius 1 is 0.316 bits per heavy atom. The highest BCUT2D eigenvalue weighted by atomic mass is 16.8. The fourth-order valence-electron chi connectivity index (χ4n) is 9.72. The van der Waals surface area contributed by atoms with Gasteiger partial charge in [0, 0.05) is 20.8 Å². The first-order valence-corrected chi connectivity index (χ1v) is 24.1. The van der Waals surface area contributed by atoms with Crippen LogP contribution in [0.1, 0.15) is 20.8 Å². The van der Waals surface area contributed by atoms with Crippen molar-refractivity contribution in [3.05, 3.63) is 0 Å². The van der Waals surface area contributed by atoms with E-state index in [1.54, 1.807) is 0 Å². The Labute approximate surface area is 431 Å². The van der Waals surface area contributed by atoms with Crippen LogP contribution in [0, 0.1) is 0 Å². The summed E-state index contributed by atoms with van der Waals surface area (Å²) in [6.45, 7) is -2.73. The number of rotatable bonds is 19. The molecule has 6 aliphatic rings. The predicted molar refractivity (Wildman–Crippen MR) is 234 cm³/mol. The molecule has 0 spiro atoms. The van der Waals surface area contributed by atoms with E-state index in [1.165, 1.54) is 0 Å². The molecule has 34 nitrogen and oxygen atoms in total. The second-order valence-corrected chi connectivity index (χ2v) is 19.0. The minimum absolute atomic E-state index is 0.728. The van der Waals surface area contributed by atoms with Gasteiger partial charge in [-0.1, -0.05) is 0 Å². The monoisotopic (exact) mass is 1110 g/mol. The largest absolute Gasteiger partial charge is 0.394 e. The molecular weight excluding hydrogens is 1040 g/mol. The number of carbonyl (C=O) groups is 3. The Bertz CT molecular complexity index is 1860. The van der Waals surface area contributed by atoms with Crippen LogP contribution in [0.3, 0.4) is 0 Å². The van der Waals surface area contributed by atoms with Crippen LogP contribution in [0.2, 0.25) is 0 Å². The standard InChI is InChI=1S/C42H71N3O31/c1-10(52)43-19-34(23(56)14(5-47)66-37(19)65)74-41-30(63)27(60)32(17(8-50)70-41)72-39-21(45-12(3)54)36(25(58)16(7-49)68-39)76-42-31(64)28(61)33(18(9-51)71-42)73-38-20(44-11(2)53)35(24(57)15(6-48)67-38)75-40-29(62)26(59)22(55)13(4-46)69-40/h13-42,46-51,55-65H,4-9H2,1-3H3,(H,43,52)(H,44,53)(H,45,54)/t13-,14-,15-,16-,17-,18-,19-,20-,21-,22-,23-,24-,25-,26+,27-,28-,29-,30-,31-,32-,33-,34-,35-,36-,37-,38+,39+,40+,41+,42+/m1/s1. The molecule has 0 unspecified atom stereocenters. The SMILES string of the molecule is CC(=O)N[C@@H]1[C@@H](O[C@@H]2O[C@H](CO)[C@@H](O[C@@H]3O[C@H](CO)[C@@H](O)[C@H](O[C@@H]4O[C@H](CO)[C@@H](O[C@@H]5O[C@H](CO)[C@@H](O)[C@H](O[C@@H]6O[C@H](CO)[C@@H](O)[C@H](O)[C@H]6O)[C@H]5NC(C)=O)[C@H](O)[C@H]4O)[C@H]3NC(C)=O)[C@H](O)[C@H]2O)[C@H](O)[C@@H](CO)O[C@H]1O. The fraction of sp³-hybridized carbons (Fsp3) is 0.929. The van der Waals surface area contributed by atoms with Gasteiger partial charge >= 0.3 is 0 Å². The molecule has 34 heteroatoms. The molecule has 20 N–H and O–H groups in total. The van der Waals surface area contributed by atoms with Crippen molar-refractivity contribution in [2.75, 3.05) is 39.6 Å². The Hall–Kier alpha value is -2.71. The molecule has 0 aromatic heterocycles. The molecule has 440 valence electrons. The molecule has 0 saturated carbocycles. The van der Waals surface area contributed by atoms with Crippen molar-refractivity contribution in [1.82, 2.24) is 16.0 Å². The van der Waals surface area contributed by atoms with Crippen LogP contribution in [0.4, 0.5) is 0 Å². The van der Waals surface area contributed by atoms with Gasteiger partial charge in [-0.3, -0.25) is 14.4 Å². The zero-order valence-corrected chi connectivity index (χ0v) is 40.9. The highest BCUT2D eigenvalue weighted by molar-refractivity contribution is 5.74. The summed E-state index contributed by atoms with van der Waals surface area (Å²) in [4.78, 5) is 37.3. The number of aliphatic hydroxyl groups excluding tert-OH is 17. The maximum absolute atomic E-state index is 12.7. The third kappa shape index (κ3) is 13.5. The van der Waals surface area contributed by atoms with E-state index in [1.807, 2.05) is 0 Å². The zero-order valence-electron chi connectivity index (χ0n) is 40.9. The van der Waals surface area contributed by atoms with Gasteiger partial charge in [-0.05, 0) is 0 Å². The number of hydrogen-bond acceptors (Lipinski definition) is 31. The Morgan fingerprint density at radius 2 is 0.579 bits per heavy atom. The lowest BCUT2D eigenvalue weighted by Gasteiger charge is -2.51. The first kappa shape index (κ1) is 62.5. The third-order valence-electron chi connectivity index (χ3n) is 13.6. The van der Waals surface area contributed by atoms with E-state index in [2.05, 4.69) is 16.0 Å². The van der Waals surface area contributed by atoms with Gasteiger partial charge in [-0.15, -0.1) is 0 Å². The molecule has 0 radical (unpaired) electrons. The first-order chi connectivity index (χ1) is 35.9. The number of carbonyl (C=O) groups excluding carboxylic acids is 3. The summed E-state index contributed by atoms with van der Waals surface area (Å²) < 4.78 is 63.2. The minimum Gasteiger partial charge on any atom is -0.394 e. The summed E-state index contributed by atoms with van der Waals surface area (Å²) in [5.41, 5.74) is 0. The molecule has 6 saturated heterocycles. The molecule has 6 fully saturated rings. The van der Waals surface area contributed by atoms with Crippen molar-refractivity contribution in [1.29, 1.82) is 0 Å². The van der Waals surface area contributed by atoms with Gasteiger partial charge in [0.2, 0.25) is 17.7 Å². The fourth-order valence-corrected chi connectivity index (χ4v) is 9.72. The van der Waals surface area contributed by atoms with E-state index in [9.17, 15) is 101 Å². The van der Waals surface area contributed by atoms with Gasteiger partial charge < -0.3 is 155 Å². The van der Waals surface area contributed by atoms with Crippen LogP contribution < -0.4 is 16.0 Å². The molecule has 0 aromatic carbocycles. The van der Waals surface area contributed by atoms with Crippen molar-refractivity contribution in [3.63, 3.8) is 0 Å². The molecule has 6 aliphatic heterocycles. The molecule has 76 heavy (non-hydrogen) atoms. The van der Waals surface area contributed by atoms with Gasteiger partial charge in [0.05, 0.1) is 39.6 Å². The number of amides is 3. The van der Waals surface area contributed by atoms with Crippen LogP contribution in [0.15, 0.2) is 0 Å². The molecule has 6 rings (SSSR count). The zero-order chi connectivity index (χ0) is 56.2. The molecular formula is C42H71N3O31. The lowest BCUT2D eigenvalue weighted by atomic mass is 9.93. The normalized spacial score (nSPS) is 48.2. The number of nitrogens with one attached hydrogen (secondary N) is 3. The smallest absolute Gasteiger partial charge is 0.217 e. The average Bonchev–Trinajstić information content (AvgIpc) is 3.38. The Kier molecular flexibility index (Phi) is 22.3. The topological polar surface area (TPSA) is 533 Å². The Balaban J connectivity index is 1.21. The van der Waals surface area contributed by atoms with Crippen molar-refractivity contribution in [2.24, 2.45) is 0 Å². The predicted octanol–water partition coefficient (Wildman–Crippen LogP) is -13.7. The van der Waals surface area contributed by atoms with Gasteiger partial charge in [0.25, 0.3) is 0 Å². The summed E-state index contributed by atoms with van der Waals surface area (Å²) in [7, 11) is 0. The second-order valence-electron chi connectivity index (χ2n) is 19.0. The summed E-state index contributed by atoms with van der Waals surface area (Å²) in [6, 6.07) is -5.01. The van der Waals surface area contributed by atoms with Crippen molar-refractivity contribution >= 4 is 17.7 Å². The van der Waals surface area contributed by atoms with Gasteiger partial charge in [0.15, 0.2) is 37.7 Å². The number of ether oxygens (including phenoxy) is 11. The van der Waals surface area contributed by atoms with E-state index in [4.69, 9.17) is 52.1 Å². The molecule has 6 heterocycles. The van der Waals surface area contributed by atoms with E-state index in [0.717, 1.165) is 20.8 Å². The molecule has 30 atom stereocenters. The van der Waals surface area contributed by atoms with Crippen LogP contribution in [0.25, 0.3) is 0 Å². The van der Waals surface area contributed by atoms with Crippen molar-refractivity contribution < 1.29 is 153 Å². The Morgan fingerprint density at radius 3 is 0.921 bits per heavy atom. The van der Waals surface area contributed by atoms with E-state index in [0.29, 0.717) is 0 Å². The maximum atomic E-state index is 12.7. The molecule has 0 aliphatic carbocycles. The summed E-state index contributed by atoms with van der Waals surface area (Å²) in [6.07, 6.45) is -51.0. The van der Waals surface area contributed by atoms with Crippen LogP contribution in [-0.4, -0.2) is 328 Å². The molecule has 3 amide bonds. The molecule has 0 bridgehead atoms. The van der Waals surface area contributed by atoms with Crippen LogP contribution in [-0.2, 0) is 66.5 Å². The van der Waals surface area contributed by atoms with Gasteiger partial charge in [-0.25, -0.2) is 0 Å². The van der Waals surface area contributed by atoms with E-state index < -0.39 is 241 Å². The summed E-state index contributed by atoms with van der Waals surface area (Å²) >= 11 is 0. The lowest BCUT2D eigenvalue weighted by molar-refractivity contribution is -0.382. The highest BCUT2D eigenvalue weighted by Gasteiger charge is 2.58. The van der Waals surface area contributed by atoms with E-state index in [-0.39, 0.29) is 0 Å². The number of aliphatic hydroxyl groups is 17. The van der Waals surface area contributed by atoms with E-state index >= 15 is 0 Å². The number of hydrogen-bond donors (Lipinski definition) is 20. The highest BCUT2D eigenvalue weighted by Crippen LogP contribution is 2.37.